The van der Waals surface area contributed by atoms with Gasteiger partial charge in [-0.15, -0.1) is 0 Å². The van der Waals surface area contributed by atoms with Gasteiger partial charge in [0.2, 0.25) is 5.91 Å². The number of primary amides is 1. The molecule has 2 bridgehead atoms. The van der Waals surface area contributed by atoms with Crippen molar-refractivity contribution in [3.63, 3.8) is 0 Å². The number of ether oxygens (including phenoxy) is 1. The summed E-state index contributed by atoms with van der Waals surface area (Å²) < 4.78 is 5.15. The van der Waals surface area contributed by atoms with Crippen LogP contribution in [0, 0.1) is 23.7 Å². The first-order chi connectivity index (χ1) is 9.70. The Kier molecular flexibility index (Phi) is 4.32. The van der Waals surface area contributed by atoms with Gasteiger partial charge in [0, 0.05) is 26.3 Å². The van der Waals surface area contributed by atoms with Crippen molar-refractivity contribution in [1.82, 2.24) is 4.90 Å². The van der Waals surface area contributed by atoms with E-state index >= 15 is 0 Å². The lowest BCUT2D eigenvalue weighted by Crippen LogP contribution is -2.47. The fraction of sp³-hybridized carbons (Fsp3) is 0.938. The minimum Gasteiger partial charge on any atom is -0.385 e. The molecule has 20 heavy (non-hydrogen) atoms. The molecule has 3 rings (SSSR count). The second-order valence-electron chi connectivity index (χ2n) is 7.00. The van der Waals surface area contributed by atoms with Crippen molar-refractivity contribution in [2.24, 2.45) is 29.4 Å². The SMILES string of the molecule is COCCCN(CC(N)=O)[C@@H]1C[C@H]2C[C@H]1[C@@H]1CCC[C@@H]21. The number of hydrogen-bond acceptors (Lipinski definition) is 3. The number of rotatable bonds is 7. The van der Waals surface area contributed by atoms with Crippen LogP contribution >= 0.6 is 0 Å². The molecule has 3 aliphatic carbocycles. The molecule has 0 radical (unpaired) electrons. The lowest BCUT2D eigenvalue weighted by Gasteiger charge is -2.38. The minimum atomic E-state index is -0.187. The van der Waals surface area contributed by atoms with Gasteiger partial charge >= 0.3 is 0 Å². The third-order valence-corrected chi connectivity index (χ3v) is 6.02. The van der Waals surface area contributed by atoms with Crippen molar-refractivity contribution >= 4 is 5.91 Å². The van der Waals surface area contributed by atoms with E-state index in [4.69, 9.17) is 10.5 Å². The van der Waals surface area contributed by atoms with Crippen LogP contribution in [0.4, 0.5) is 0 Å². The van der Waals surface area contributed by atoms with Gasteiger partial charge in [0.25, 0.3) is 0 Å². The van der Waals surface area contributed by atoms with Crippen molar-refractivity contribution in [2.45, 2.75) is 44.6 Å². The first-order valence-electron chi connectivity index (χ1n) is 8.22. The molecule has 3 fully saturated rings. The molecule has 0 heterocycles. The van der Waals surface area contributed by atoms with E-state index in [1.807, 2.05) is 0 Å². The molecule has 0 aromatic heterocycles. The van der Waals surface area contributed by atoms with Crippen LogP contribution in [0.25, 0.3) is 0 Å². The van der Waals surface area contributed by atoms with Gasteiger partial charge < -0.3 is 10.5 Å². The molecule has 2 N–H and O–H groups in total. The summed E-state index contributed by atoms with van der Waals surface area (Å²) in [6.45, 7) is 2.14. The Balaban J connectivity index is 1.64. The van der Waals surface area contributed by atoms with E-state index in [-0.39, 0.29) is 5.91 Å². The topological polar surface area (TPSA) is 55.6 Å². The van der Waals surface area contributed by atoms with Crippen LogP contribution in [0.15, 0.2) is 0 Å². The van der Waals surface area contributed by atoms with E-state index in [9.17, 15) is 4.79 Å². The van der Waals surface area contributed by atoms with Gasteiger partial charge in [0.15, 0.2) is 0 Å². The van der Waals surface area contributed by atoms with Crippen molar-refractivity contribution in [3.05, 3.63) is 0 Å². The van der Waals surface area contributed by atoms with Crippen LogP contribution in [-0.4, -0.2) is 43.7 Å². The van der Waals surface area contributed by atoms with Crippen LogP contribution in [0.3, 0.4) is 0 Å². The Bertz CT molecular complexity index is 360. The van der Waals surface area contributed by atoms with Crippen LogP contribution in [0.2, 0.25) is 0 Å². The molecule has 3 saturated carbocycles. The number of carbonyl (C=O) groups is 1. The number of hydrogen-bond donors (Lipinski definition) is 1. The first kappa shape index (κ1) is 14.3. The van der Waals surface area contributed by atoms with Crippen LogP contribution in [0.1, 0.15) is 38.5 Å². The van der Waals surface area contributed by atoms with Gasteiger partial charge in [-0.25, -0.2) is 0 Å². The number of carbonyl (C=O) groups excluding carboxylic acids is 1. The van der Waals surface area contributed by atoms with E-state index < -0.39 is 0 Å². The van der Waals surface area contributed by atoms with Gasteiger partial charge in [-0.05, 0) is 55.8 Å². The summed E-state index contributed by atoms with van der Waals surface area (Å²) in [6, 6.07) is 0.601. The standard InChI is InChI=1S/C16H28N2O2/c1-20-7-3-6-18(10-16(17)19)15-9-11-8-14(15)13-5-2-4-12(11)13/h11-15H,2-10H2,1H3,(H2,17,19)/t11-,12+,13-,14+,15-/m1/s1. The maximum atomic E-state index is 11.4. The Labute approximate surface area is 122 Å². The number of nitrogens with two attached hydrogens (primary N) is 1. The molecule has 0 spiro atoms. The van der Waals surface area contributed by atoms with Gasteiger partial charge in [-0.2, -0.15) is 0 Å². The molecule has 0 aliphatic heterocycles. The quantitative estimate of drug-likeness (QED) is 0.721. The van der Waals surface area contributed by atoms with E-state index in [1.165, 1.54) is 32.1 Å². The molecule has 0 aromatic rings. The maximum Gasteiger partial charge on any atom is 0.231 e. The molecular formula is C16H28N2O2. The molecule has 4 nitrogen and oxygen atoms in total. The Morgan fingerprint density at radius 2 is 2.05 bits per heavy atom. The predicted molar refractivity (Wildman–Crippen MR) is 78.1 cm³/mol. The fourth-order valence-corrected chi connectivity index (χ4v) is 5.43. The Morgan fingerprint density at radius 3 is 2.80 bits per heavy atom. The maximum absolute atomic E-state index is 11.4. The smallest absolute Gasteiger partial charge is 0.231 e. The predicted octanol–water partition coefficient (Wildman–Crippen LogP) is 1.63. The average molecular weight is 280 g/mol. The second-order valence-corrected chi connectivity index (χ2v) is 7.00. The zero-order valence-electron chi connectivity index (χ0n) is 12.6. The van der Waals surface area contributed by atoms with Crippen LogP contribution in [-0.2, 0) is 9.53 Å². The molecule has 3 aliphatic rings. The van der Waals surface area contributed by atoms with Gasteiger partial charge in [-0.3, -0.25) is 9.69 Å². The Hall–Kier alpha value is -0.610. The summed E-state index contributed by atoms with van der Waals surface area (Å²) in [7, 11) is 1.74. The zero-order chi connectivity index (χ0) is 14.1. The van der Waals surface area contributed by atoms with Gasteiger partial charge in [0.1, 0.15) is 0 Å². The summed E-state index contributed by atoms with van der Waals surface area (Å²) in [5.74, 6) is 3.51. The molecule has 0 saturated heterocycles. The fourth-order valence-electron chi connectivity index (χ4n) is 5.43. The minimum absolute atomic E-state index is 0.187. The highest BCUT2D eigenvalue weighted by Crippen LogP contribution is 2.59. The van der Waals surface area contributed by atoms with Crippen molar-refractivity contribution in [2.75, 3.05) is 26.8 Å². The summed E-state index contributed by atoms with van der Waals surface area (Å²) in [5.41, 5.74) is 5.46. The molecule has 5 atom stereocenters. The summed E-state index contributed by atoms with van der Waals surface area (Å²) in [4.78, 5) is 13.7. The lowest BCUT2D eigenvalue weighted by atomic mass is 9.78. The van der Waals surface area contributed by atoms with Crippen LogP contribution < -0.4 is 5.73 Å². The second kappa shape index (κ2) is 6.02. The van der Waals surface area contributed by atoms with Crippen molar-refractivity contribution in [1.29, 1.82) is 0 Å². The molecule has 1 amide bonds. The van der Waals surface area contributed by atoms with Crippen molar-refractivity contribution in [3.8, 4) is 0 Å². The highest BCUT2D eigenvalue weighted by molar-refractivity contribution is 5.76. The largest absolute Gasteiger partial charge is 0.385 e. The van der Waals surface area contributed by atoms with Gasteiger partial charge in [0.05, 0.1) is 6.54 Å². The van der Waals surface area contributed by atoms with Crippen LogP contribution in [0.5, 0.6) is 0 Å². The normalized spacial score (nSPS) is 38.6. The first-order valence-corrected chi connectivity index (χ1v) is 8.22. The zero-order valence-corrected chi connectivity index (χ0v) is 12.6. The molecule has 4 heteroatoms. The number of amides is 1. The van der Waals surface area contributed by atoms with Gasteiger partial charge in [-0.1, -0.05) is 6.42 Å². The van der Waals surface area contributed by atoms with E-state index in [2.05, 4.69) is 4.90 Å². The summed E-state index contributed by atoms with van der Waals surface area (Å²) in [6.07, 6.45) is 7.99. The highest BCUT2D eigenvalue weighted by Gasteiger charge is 2.54. The molecule has 114 valence electrons. The monoisotopic (exact) mass is 280 g/mol. The summed E-state index contributed by atoms with van der Waals surface area (Å²) in [5, 5.41) is 0. The Morgan fingerprint density at radius 1 is 1.25 bits per heavy atom. The van der Waals surface area contributed by atoms with E-state index in [1.54, 1.807) is 7.11 Å². The lowest BCUT2D eigenvalue weighted by molar-refractivity contribution is -0.120. The number of methoxy groups -OCH3 is 1. The van der Waals surface area contributed by atoms with Crippen molar-refractivity contribution < 1.29 is 9.53 Å². The third-order valence-electron chi connectivity index (χ3n) is 6.02. The average Bonchev–Trinajstić information content (AvgIpc) is 3.09. The third kappa shape index (κ3) is 2.60. The molecule has 0 unspecified atom stereocenters. The van der Waals surface area contributed by atoms with E-state index in [0.29, 0.717) is 12.6 Å². The van der Waals surface area contributed by atoms with E-state index in [0.717, 1.165) is 43.2 Å². The molecular weight excluding hydrogens is 252 g/mol. The number of nitrogens with zero attached hydrogens (tertiary/aromatic N) is 1. The molecule has 0 aromatic carbocycles. The number of fused-ring (bicyclic) bond motifs is 5. The summed E-state index contributed by atoms with van der Waals surface area (Å²) >= 11 is 0. The highest BCUT2D eigenvalue weighted by atomic mass is 16.5.